The van der Waals surface area contributed by atoms with Crippen LogP contribution in [0, 0.1) is 0 Å². The van der Waals surface area contributed by atoms with Crippen molar-refractivity contribution in [3.05, 3.63) is 97.2 Å². The summed E-state index contributed by atoms with van der Waals surface area (Å²) in [5, 5.41) is 57.1. The first-order valence-electron chi connectivity index (χ1n) is 33.5. The number of allylic oxidation sites excluding steroid dienone is 15. The van der Waals surface area contributed by atoms with Crippen molar-refractivity contribution < 1.29 is 49.3 Å². The lowest BCUT2D eigenvalue weighted by Gasteiger charge is -2.41. The SMILES string of the molecule is CC/C=C/C/C=C/C/C=C/CCCCCCC(=O)OC1C(OCC(NC(=O)C(O)CCCCCCCCCCCC/C=C\C/C=C\C/C=C\C/C=C\CCCCC)C(O)/C=C/CCCCCCCCCCCCC)OC(CO)C(O)C1O. The molecule has 0 radical (unpaired) electrons. The Balaban J connectivity index is 2.62. The molecule has 1 fully saturated rings. The third-order valence-corrected chi connectivity index (χ3v) is 15.2. The smallest absolute Gasteiger partial charge is 0.306 e. The molecule has 0 bridgehead atoms. The van der Waals surface area contributed by atoms with Gasteiger partial charge in [0.2, 0.25) is 5.91 Å². The second-order valence-electron chi connectivity index (χ2n) is 22.8. The van der Waals surface area contributed by atoms with E-state index >= 15 is 0 Å². The number of carbonyl (C=O) groups is 2. The first-order valence-corrected chi connectivity index (χ1v) is 33.5. The highest BCUT2D eigenvalue weighted by molar-refractivity contribution is 5.80. The van der Waals surface area contributed by atoms with Crippen molar-refractivity contribution in [3.8, 4) is 0 Å². The van der Waals surface area contributed by atoms with Gasteiger partial charge in [0.25, 0.3) is 0 Å². The zero-order valence-corrected chi connectivity index (χ0v) is 52.3. The molecule has 0 aromatic rings. The molecular weight excluding hydrogens is 1030 g/mol. The van der Waals surface area contributed by atoms with Gasteiger partial charge in [0.1, 0.15) is 24.4 Å². The monoisotopic (exact) mass is 1150 g/mol. The predicted molar refractivity (Wildman–Crippen MR) is 342 cm³/mol. The molecule has 11 nitrogen and oxygen atoms in total. The molecule has 1 saturated heterocycles. The Hall–Kier alpha value is -3.42. The number of esters is 1. The predicted octanol–water partition coefficient (Wildman–Crippen LogP) is 16.7. The molecule has 6 N–H and O–H groups in total. The summed E-state index contributed by atoms with van der Waals surface area (Å²) in [7, 11) is 0. The summed E-state index contributed by atoms with van der Waals surface area (Å²) < 4.78 is 17.6. The maximum Gasteiger partial charge on any atom is 0.306 e. The second-order valence-corrected chi connectivity index (χ2v) is 22.8. The van der Waals surface area contributed by atoms with E-state index in [0.29, 0.717) is 12.8 Å². The summed E-state index contributed by atoms with van der Waals surface area (Å²) in [5.74, 6) is -1.22. The fourth-order valence-electron chi connectivity index (χ4n) is 9.94. The van der Waals surface area contributed by atoms with Gasteiger partial charge in [-0.3, -0.25) is 9.59 Å². The van der Waals surface area contributed by atoms with Gasteiger partial charge in [-0.1, -0.05) is 266 Å². The first kappa shape index (κ1) is 76.6. The minimum absolute atomic E-state index is 0.0937. The Bertz CT molecular complexity index is 1700. The van der Waals surface area contributed by atoms with E-state index in [4.69, 9.17) is 14.2 Å². The van der Waals surface area contributed by atoms with E-state index in [2.05, 4.69) is 111 Å². The van der Waals surface area contributed by atoms with Crippen LogP contribution in [0.4, 0.5) is 0 Å². The second kappa shape index (κ2) is 58.0. The molecule has 1 rings (SSSR count). The van der Waals surface area contributed by atoms with Crippen molar-refractivity contribution in [1.29, 1.82) is 0 Å². The third kappa shape index (κ3) is 45.0. The van der Waals surface area contributed by atoms with Gasteiger partial charge >= 0.3 is 5.97 Å². The molecule has 472 valence electrons. The fourth-order valence-corrected chi connectivity index (χ4v) is 9.94. The Kier molecular flexibility index (Phi) is 54.2. The summed E-state index contributed by atoms with van der Waals surface area (Å²) in [6.07, 6.45) is 67.3. The van der Waals surface area contributed by atoms with Crippen molar-refractivity contribution in [3.63, 3.8) is 0 Å². The zero-order valence-electron chi connectivity index (χ0n) is 52.3. The highest BCUT2D eigenvalue weighted by atomic mass is 16.7. The average molecular weight is 1150 g/mol. The summed E-state index contributed by atoms with van der Waals surface area (Å²) in [5.41, 5.74) is 0. The van der Waals surface area contributed by atoms with E-state index in [-0.39, 0.29) is 19.4 Å². The van der Waals surface area contributed by atoms with E-state index in [1.54, 1.807) is 6.08 Å². The topological polar surface area (TPSA) is 175 Å². The molecule has 82 heavy (non-hydrogen) atoms. The van der Waals surface area contributed by atoms with Crippen molar-refractivity contribution in [2.75, 3.05) is 13.2 Å². The van der Waals surface area contributed by atoms with Crippen LogP contribution in [0.1, 0.15) is 278 Å². The summed E-state index contributed by atoms with van der Waals surface area (Å²) in [6, 6.07) is -1.04. The minimum atomic E-state index is -1.63. The van der Waals surface area contributed by atoms with Gasteiger partial charge in [-0.25, -0.2) is 0 Å². The lowest BCUT2D eigenvalue weighted by atomic mass is 9.99. The molecule has 0 aliphatic carbocycles. The molecule has 0 saturated carbocycles. The van der Waals surface area contributed by atoms with Gasteiger partial charge in [-0.15, -0.1) is 0 Å². The molecular formula is C71H123NO10. The quantitative estimate of drug-likeness (QED) is 0.0195. The van der Waals surface area contributed by atoms with Gasteiger partial charge in [-0.05, 0) is 103 Å². The largest absolute Gasteiger partial charge is 0.454 e. The Morgan fingerprint density at radius 2 is 0.878 bits per heavy atom. The van der Waals surface area contributed by atoms with E-state index in [1.165, 1.54) is 122 Å². The molecule has 0 spiro atoms. The van der Waals surface area contributed by atoms with E-state index < -0.39 is 67.4 Å². The highest BCUT2D eigenvalue weighted by Crippen LogP contribution is 2.26. The maximum atomic E-state index is 13.5. The Labute approximate surface area is 501 Å². The van der Waals surface area contributed by atoms with Gasteiger partial charge in [0.05, 0.1) is 25.4 Å². The van der Waals surface area contributed by atoms with Gasteiger partial charge in [0.15, 0.2) is 12.4 Å². The highest BCUT2D eigenvalue weighted by Gasteiger charge is 2.47. The van der Waals surface area contributed by atoms with Crippen LogP contribution in [0.3, 0.4) is 0 Å². The lowest BCUT2D eigenvalue weighted by Crippen LogP contribution is -2.61. The molecule has 1 heterocycles. The summed E-state index contributed by atoms with van der Waals surface area (Å²) in [6.45, 7) is 5.64. The van der Waals surface area contributed by atoms with Gasteiger partial charge in [-0.2, -0.15) is 0 Å². The maximum absolute atomic E-state index is 13.5. The number of hydrogen-bond acceptors (Lipinski definition) is 10. The van der Waals surface area contributed by atoms with Crippen LogP contribution < -0.4 is 5.32 Å². The number of unbranched alkanes of at least 4 members (excludes halogenated alkanes) is 28. The zero-order chi connectivity index (χ0) is 59.6. The van der Waals surface area contributed by atoms with Crippen molar-refractivity contribution in [2.24, 2.45) is 0 Å². The van der Waals surface area contributed by atoms with Crippen LogP contribution in [0.5, 0.6) is 0 Å². The van der Waals surface area contributed by atoms with Gasteiger partial charge < -0.3 is 45.1 Å². The number of aliphatic hydroxyl groups is 5. The summed E-state index contributed by atoms with van der Waals surface area (Å²) in [4.78, 5) is 26.6. The number of hydrogen-bond donors (Lipinski definition) is 6. The van der Waals surface area contributed by atoms with E-state index in [0.717, 1.165) is 109 Å². The normalized spacial score (nSPS) is 19.2. The number of aliphatic hydroxyl groups excluding tert-OH is 5. The first-order chi connectivity index (χ1) is 40.2. The molecule has 1 amide bonds. The molecule has 8 atom stereocenters. The van der Waals surface area contributed by atoms with Crippen LogP contribution in [-0.4, -0.2) is 99.6 Å². The molecule has 1 aliphatic rings. The average Bonchev–Trinajstić information content (AvgIpc) is 3.45. The lowest BCUT2D eigenvalue weighted by molar-refractivity contribution is -0.305. The fraction of sp³-hybridized carbons (Fsp3) is 0.746. The van der Waals surface area contributed by atoms with Crippen molar-refractivity contribution in [1.82, 2.24) is 5.32 Å². The number of rotatable bonds is 56. The minimum Gasteiger partial charge on any atom is -0.454 e. The van der Waals surface area contributed by atoms with Crippen LogP contribution in [0.2, 0.25) is 0 Å². The van der Waals surface area contributed by atoms with E-state index in [9.17, 15) is 35.1 Å². The molecule has 8 unspecified atom stereocenters. The van der Waals surface area contributed by atoms with Crippen LogP contribution in [0.25, 0.3) is 0 Å². The Morgan fingerprint density at radius 3 is 1.34 bits per heavy atom. The van der Waals surface area contributed by atoms with Crippen LogP contribution >= 0.6 is 0 Å². The Morgan fingerprint density at radius 1 is 0.488 bits per heavy atom. The molecule has 1 aliphatic heterocycles. The number of amides is 1. The van der Waals surface area contributed by atoms with Crippen LogP contribution in [-0.2, 0) is 23.8 Å². The number of nitrogens with one attached hydrogen (secondary N) is 1. The molecule has 0 aromatic heterocycles. The molecule has 0 aromatic carbocycles. The number of carbonyl (C=O) groups excluding carboxylic acids is 2. The van der Waals surface area contributed by atoms with Gasteiger partial charge in [0, 0.05) is 6.42 Å². The standard InChI is InChI=1S/C71H123NO10/c1-4-7-10-13-16-19-22-25-27-28-29-30-31-32-33-34-35-36-37-38-40-43-46-49-52-55-58-64(75)70(79)72-62(63(74)57-54-51-48-45-42-39-24-21-18-15-12-9-6-3)61-80-71-69(68(78)67(77)65(60-73)81-71)82-66(76)59-56-53-50-47-44-41-26-23-20-17-14-11-8-5-2/h8,11,16-17,19-20,25-27,29-30,32-33,41,54,57,62-65,67-69,71,73-75,77-78H,4-7,9-10,12-15,18,21-24,28,31,34-40,42-53,55-56,58-61H2,1-3H3,(H,72,79)/b11-8+,19-16-,20-17+,27-25-,30-29-,33-32-,41-26+,57-54+. The van der Waals surface area contributed by atoms with Crippen molar-refractivity contribution >= 4 is 11.9 Å². The number of ether oxygens (including phenoxy) is 3. The van der Waals surface area contributed by atoms with E-state index in [1.807, 2.05) is 6.08 Å². The third-order valence-electron chi connectivity index (χ3n) is 15.2. The molecule has 11 heteroatoms. The van der Waals surface area contributed by atoms with Crippen LogP contribution in [0.15, 0.2) is 97.2 Å². The summed E-state index contributed by atoms with van der Waals surface area (Å²) >= 11 is 0. The van der Waals surface area contributed by atoms with Crippen molar-refractivity contribution in [2.45, 2.75) is 327 Å².